The van der Waals surface area contributed by atoms with E-state index in [4.69, 9.17) is 10.5 Å². The van der Waals surface area contributed by atoms with Gasteiger partial charge in [-0.1, -0.05) is 6.92 Å². The smallest absolute Gasteiger partial charge is 0.251 e. The van der Waals surface area contributed by atoms with Crippen LogP contribution in [0, 0.1) is 0 Å². The number of thiophene rings is 1. The van der Waals surface area contributed by atoms with Gasteiger partial charge in [0.2, 0.25) is 0 Å². The second kappa shape index (κ2) is 6.34. The van der Waals surface area contributed by atoms with E-state index in [1.165, 1.54) is 18.4 Å². The van der Waals surface area contributed by atoms with Gasteiger partial charge in [-0.25, -0.2) is 0 Å². The molecule has 1 aromatic heterocycles. The fraction of sp³-hybridized carbons (Fsp3) is 0.538. The Bertz CT molecular complexity index is 527. The zero-order valence-corrected chi connectivity index (χ0v) is 12.5. The Balaban J connectivity index is 2.30. The van der Waals surface area contributed by atoms with E-state index in [2.05, 4.69) is 17.1 Å². The highest BCUT2D eigenvalue weighted by Gasteiger charge is 2.27. The molecule has 2 rings (SSSR count). The predicted octanol–water partition coefficient (Wildman–Crippen LogP) is 0.810. The number of nitrogens with one attached hydrogen (secondary N) is 1. The van der Waals surface area contributed by atoms with E-state index in [1.807, 2.05) is 0 Å². The van der Waals surface area contributed by atoms with Crippen LogP contribution in [0.3, 0.4) is 0 Å². The zero-order chi connectivity index (χ0) is 14.7. The summed E-state index contributed by atoms with van der Waals surface area (Å²) in [5.74, 6) is -0.763. The summed E-state index contributed by atoms with van der Waals surface area (Å²) in [7, 11) is 1.45. The lowest BCUT2D eigenvalue weighted by Crippen LogP contribution is -2.30. The Morgan fingerprint density at radius 1 is 1.50 bits per heavy atom. The van der Waals surface area contributed by atoms with Crippen molar-refractivity contribution < 1.29 is 14.3 Å². The number of methoxy groups -OCH3 is 1. The first-order chi connectivity index (χ1) is 9.56. The molecule has 0 aliphatic carbocycles. The number of hydrogen-bond donors (Lipinski definition) is 2. The summed E-state index contributed by atoms with van der Waals surface area (Å²) >= 11 is 1.43. The minimum absolute atomic E-state index is 0.0398. The quantitative estimate of drug-likeness (QED) is 0.842. The van der Waals surface area contributed by atoms with E-state index in [-0.39, 0.29) is 12.5 Å². The van der Waals surface area contributed by atoms with Crippen LogP contribution < -0.4 is 11.1 Å². The number of ether oxygens (including phenoxy) is 1. The van der Waals surface area contributed by atoms with Crippen molar-refractivity contribution in [2.75, 3.05) is 32.1 Å². The van der Waals surface area contributed by atoms with Gasteiger partial charge in [0.1, 0.15) is 11.6 Å². The number of anilines is 1. The summed E-state index contributed by atoms with van der Waals surface area (Å²) in [6.45, 7) is 4.74. The maximum absolute atomic E-state index is 11.7. The molecule has 1 aliphatic rings. The lowest BCUT2D eigenvalue weighted by Gasteiger charge is -2.25. The van der Waals surface area contributed by atoms with Gasteiger partial charge in [-0.05, 0) is 18.5 Å². The number of rotatable bonds is 5. The molecule has 1 aliphatic heterocycles. The highest BCUT2D eigenvalue weighted by Crippen LogP contribution is 2.36. The molecule has 0 saturated carbocycles. The number of likely N-dealkylation sites (N-methyl/N-ethyl adjacent to an activating group) is 1. The van der Waals surface area contributed by atoms with Gasteiger partial charge in [0.25, 0.3) is 11.8 Å². The van der Waals surface area contributed by atoms with Crippen LogP contribution in [0.1, 0.15) is 27.7 Å². The molecular weight excluding hydrogens is 278 g/mol. The van der Waals surface area contributed by atoms with Crippen molar-refractivity contribution in [3.8, 4) is 0 Å². The largest absolute Gasteiger partial charge is 0.375 e. The number of fused-ring (bicyclic) bond motifs is 1. The van der Waals surface area contributed by atoms with Crippen molar-refractivity contribution >= 4 is 28.2 Å². The predicted molar refractivity (Wildman–Crippen MR) is 78.0 cm³/mol. The first-order valence-corrected chi connectivity index (χ1v) is 7.34. The van der Waals surface area contributed by atoms with Crippen LogP contribution in [0.25, 0.3) is 0 Å². The third-order valence-electron chi connectivity index (χ3n) is 3.36. The van der Waals surface area contributed by atoms with Crippen LogP contribution in [0.4, 0.5) is 5.00 Å². The third-order valence-corrected chi connectivity index (χ3v) is 4.49. The standard InChI is InChI=1S/C13H19N3O3S/c1-3-16-5-4-8-9(6-16)20-13(11(8)12(14)18)15-10(17)7-19-2/h3-7H2,1-2H3,(H2,14,18)(H,15,17). The molecule has 3 N–H and O–H groups in total. The highest BCUT2D eigenvalue weighted by atomic mass is 32.1. The second-order valence-electron chi connectivity index (χ2n) is 4.67. The Kier molecular flexibility index (Phi) is 4.74. The Morgan fingerprint density at radius 3 is 2.85 bits per heavy atom. The van der Waals surface area contributed by atoms with Gasteiger partial charge in [0.15, 0.2) is 0 Å². The van der Waals surface area contributed by atoms with Crippen LogP contribution >= 0.6 is 11.3 Å². The first kappa shape index (κ1) is 15.0. The molecule has 0 unspecified atom stereocenters. The number of carbonyl (C=O) groups excluding carboxylic acids is 2. The van der Waals surface area contributed by atoms with E-state index in [0.717, 1.165) is 36.5 Å². The van der Waals surface area contributed by atoms with Crippen molar-refractivity contribution in [1.82, 2.24) is 4.90 Å². The molecule has 0 aromatic carbocycles. The summed E-state index contributed by atoms with van der Waals surface area (Å²) in [6.07, 6.45) is 0.790. The molecule has 110 valence electrons. The van der Waals surface area contributed by atoms with Gasteiger partial charge in [-0.15, -0.1) is 11.3 Å². The van der Waals surface area contributed by atoms with Gasteiger partial charge < -0.3 is 15.8 Å². The van der Waals surface area contributed by atoms with Crippen molar-refractivity contribution in [2.24, 2.45) is 5.73 Å². The summed E-state index contributed by atoms with van der Waals surface area (Å²) in [4.78, 5) is 26.7. The van der Waals surface area contributed by atoms with Gasteiger partial charge in [0.05, 0.1) is 5.56 Å². The fourth-order valence-corrected chi connectivity index (χ4v) is 3.68. The second-order valence-corrected chi connectivity index (χ2v) is 5.78. The number of carbonyl (C=O) groups is 2. The summed E-state index contributed by atoms with van der Waals surface area (Å²) in [5.41, 5.74) is 6.92. The normalized spacial score (nSPS) is 14.9. The zero-order valence-electron chi connectivity index (χ0n) is 11.7. The molecule has 0 bridgehead atoms. The molecule has 20 heavy (non-hydrogen) atoms. The number of primary amides is 1. The third kappa shape index (κ3) is 3.00. The van der Waals surface area contributed by atoms with Crippen LogP contribution in [0.15, 0.2) is 0 Å². The van der Waals surface area contributed by atoms with Crippen molar-refractivity contribution in [3.63, 3.8) is 0 Å². The number of nitrogens with two attached hydrogens (primary N) is 1. The lowest BCUT2D eigenvalue weighted by molar-refractivity contribution is -0.119. The molecule has 6 nitrogen and oxygen atoms in total. The van der Waals surface area contributed by atoms with Crippen molar-refractivity contribution in [3.05, 3.63) is 16.0 Å². The molecule has 2 amide bonds. The molecule has 2 heterocycles. The van der Waals surface area contributed by atoms with E-state index >= 15 is 0 Å². The van der Waals surface area contributed by atoms with Crippen molar-refractivity contribution in [2.45, 2.75) is 19.9 Å². The maximum Gasteiger partial charge on any atom is 0.251 e. The Hall–Kier alpha value is -1.44. The summed E-state index contributed by atoms with van der Waals surface area (Å²) in [6, 6.07) is 0. The van der Waals surface area contributed by atoms with E-state index in [0.29, 0.717) is 10.6 Å². The molecule has 0 atom stereocenters. The molecule has 7 heteroatoms. The first-order valence-electron chi connectivity index (χ1n) is 6.52. The number of amides is 2. The van der Waals surface area contributed by atoms with Crippen LogP contribution in [-0.2, 0) is 22.5 Å². The van der Waals surface area contributed by atoms with E-state index in [9.17, 15) is 9.59 Å². The summed E-state index contributed by atoms with van der Waals surface area (Å²) < 4.78 is 4.78. The van der Waals surface area contributed by atoms with Crippen LogP contribution in [0.5, 0.6) is 0 Å². The molecule has 0 saturated heterocycles. The van der Waals surface area contributed by atoms with Crippen molar-refractivity contribution in [1.29, 1.82) is 0 Å². The van der Waals surface area contributed by atoms with E-state index < -0.39 is 5.91 Å². The topological polar surface area (TPSA) is 84.7 Å². The molecule has 0 spiro atoms. The molecule has 1 aromatic rings. The van der Waals surface area contributed by atoms with Gasteiger partial charge in [-0.2, -0.15) is 0 Å². The minimum atomic E-state index is -0.486. The van der Waals surface area contributed by atoms with Gasteiger partial charge in [-0.3, -0.25) is 14.5 Å². The lowest BCUT2D eigenvalue weighted by atomic mass is 10.0. The fourth-order valence-electron chi connectivity index (χ4n) is 2.37. The van der Waals surface area contributed by atoms with Gasteiger partial charge in [0, 0.05) is 25.1 Å². The monoisotopic (exact) mass is 297 g/mol. The Labute approximate surface area is 121 Å². The van der Waals surface area contributed by atoms with Gasteiger partial charge >= 0.3 is 0 Å². The Morgan fingerprint density at radius 2 is 2.25 bits per heavy atom. The van der Waals surface area contributed by atoms with E-state index in [1.54, 1.807) is 0 Å². The number of nitrogens with zero attached hydrogens (tertiary/aromatic N) is 1. The molecular formula is C13H19N3O3S. The SMILES string of the molecule is CCN1CCc2c(sc(NC(=O)COC)c2C(N)=O)C1. The van der Waals surface area contributed by atoms with Crippen LogP contribution in [0.2, 0.25) is 0 Å². The molecule has 0 fully saturated rings. The molecule has 0 radical (unpaired) electrons. The highest BCUT2D eigenvalue weighted by molar-refractivity contribution is 7.17. The maximum atomic E-state index is 11.7. The minimum Gasteiger partial charge on any atom is -0.375 e. The number of hydrogen-bond acceptors (Lipinski definition) is 5. The summed E-state index contributed by atoms with van der Waals surface area (Å²) in [5, 5.41) is 3.26. The average molecular weight is 297 g/mol. The average Bonchev–Trinajstić information content (AvgIpc) is 2.75. The van der Waals surface area contributed by atoms with Crippen LogP contribution in [-0.4, -0.2) is 43.5 Å².